The number of carbonyl (C=O) groups is 1. The largest absolute Gasteiger partial charge is 0.440 e. The quantitative estimate of drug-likeness (QED) is 0.807. The summed E-state index contributed by atoms with van der Waals surface area (Å²) in [7, 11) is 0. The van der Waals surface area contributed by atoms with Gasteiger partial charge in [-0.05, 0) is 50.9 Å². The van der Waals surface area contributed by atoms with Gasteiger partial charge in [-0.2, -0.15) is 0 Å². The van der Waals surface area contributed by atoms with Crippen molar-refractivity contribution in [2.45, 2.75) is 58.4 Å². The topological polar surface area (TPSA) is 58.4 Å². The van der Waals surface area contributed by atoms with E-state index in [0.29, 0.717) is 29.6 Å². The molecule has 1 aliphatic rings. The number of oxazole rings is 1. The number of likely N-dealkylation sites (tertiary alicyclic amines) is 1. The lowest BCUT2D eigenvalue weighted by molar-refractivity contribution is 0.0949. The van der Waals surface area contributed by atoms with E-state index in [1.54, 1.807) is 6.07 Å². The fourth-order valence-electron chi connectivity index (χ4n) is 3.41. The van der Waals surface area contributed by atoms with Crippen LogP contribution >= 0.6 is 0 Å². The number of fused-ring (bicyclic) bond motifs is 1. The molecule has 1 atom stereocenters. The Kier molecular flexibility index (Phi) is 5.74. The molecule has 1 N–H and O–H groups in total. The molecule has 1 unspecified atom stereocenters. The summed E-state index contributed by atoms with van der Waals surface area (Å²) >= 11 is 0. The van der Waals surface area contributed by atoms with Crippen molar-refractivity contribution >= 4 is 17.0 Å². The fourth-order valence-corrected chi connectivity index (χ4v) is 3.41. The van der Waals surface area contributed by atoms with E-state index in [9.17, 15) is 4.79 Å². The van der Waals surface area contributed by atoms with Crippen molar-refractivity contribution in [3.05, 3.63) is 29.7 Å². The molecular weight excluding hydrogens is 314 g/mol. The summed E-state index contributed by atoms with van der Waals surface area (Å²) in [4.78, 5) is 19.3. The highest BCUT2D eigenvalue weighted by molar-refractivity contribution is 5.97. The molecule has 1 aromatic heterocycles. The molecule has 1 fully saturated rings. The molecule has 0 saturated carbocycles. The summed E-state index contributed by atoms with van der Waals surface area (Å²) in [5.74, 6) is 0.904. The molecule has 5 nitrogen and oxygen atoms in total. The van der Waals surface area contributed by atoms with Crippen molar-refractivity contribution in [1.82, 2.24) is 15.2 Å². The summed E-state index contributed by atoms with van der Waals surface area (Å²) < 4.78 is 5.74. The minimum atomic E-state index is -0.0453. The zero-order valence-electron chi connectivity index (χ0n) is 15.5. The summed E-state index contributed by atoms with van der Waals surface area (Å²) in [5.41, 5.74) is 2.11. The van der Waals surface area contributed by atoms with Gasteiger partial charge >= 0.3 is 0 Å². The van der Waals surface area contributed by atoms with Gasteiger partial charge in [0.1, 0.15) is 5.52 Å². The molecule has 0 spiro atoms. The van der Waals surface area contributed by atoms with Crippen molar-refractivity contribution in [3.8, 4) is 0 Å². The van der Waals surface area contributed by atoms with E-state index in [2.05, 4.69) is 22.1 Å². The zero-order valence-corrected chi connectivity index (χ0v) is 15.5. The van der Waals surface area contributed by atoms with Gasteiger partial charge in [0.2, 0.25) is 0 Å². The van der Waals surface area contributed by atoms with Crippen molar-refractivity contribution in [2.24, 2.45) is 0 Å². The van der Waals surface area contributed by atoms with Crippen molar-refractivity contribution < 1.29 is 9.21 Å². The van der Waals surface area contributed by atoms with Gasteiger partial charge in [0, 0.05) is 30.6 Å². The van der Waals surface area contributed by atoms with E-state index >= 15 is 0 Å². The van der Waals surface area contributed by atoms with Gasteiger partial charge in [0.05, 0.1) is 0 Å². The maximum Gasteiger partial charge on any atom is 0.251 e. The van der Waals surface area contributed by atoms with Crippen LogP contribution in [0.15, 0.2) is 22.6 Å². The molecule has 0 bridgehead atoms. The lowest BCUT2D eigenvalue weighted by Crippen LogP contribution is -2.39. The minimum Gasteiger partial charge on any atom is -0.440 e. The monoisotopic (exact) mass is 343 g/mol. The second-order valence-electron chi connectivity index (χ2n) is 7.38. The number of aromatic nitrogens is 1. The molecule has 5 heteroatoms. The highest BCUT2D eigenvalue weighted by atomic mass is 16.3. The predicted molar refractivity (Wildman–Crippen MR) is 99.9 cm³/mol. The number of hydrogen-bond acceptors (Lipinski definition) is 4. The Balaban J connectivity index is 1.51. The minimum absolute atomic E-state index is 0.0453. The van der Waals surface area contributed by atoms with E-state index in [-0.39, 0.29) is 11.8 Å². The SMILES string of the molecule is CC(C)c1nc2ccc(C(=O)NCCCN3CCCCC3C)cc2o1. The fraction of sp³-hybridized carbons (Fsp3) is 0.600. The number of nitrogens with one attached hydrogen (secondary N) is 1. The third-order valence-corrected chi connectivity index (χ3v) is 5.01. The molecule has 1 amide bonds. The summed E-state index contributed by atoms with van der Waals surface area (Å²) in [6.45, 7) is 9.34. The molecule has 25 heavy (non-hydrogen) atoms. The van der Waals surface area contributed by atoms with Crippen LogP contribution in [0.3, 0.4) is 0 Å². The van der Waals surface area contributed by atoms with Crippen LogP contribution in [0.4, 0.5) is 0 Å². The van der Waals surface area contributed by atoms with Crippen LogP contribution < -0.4 is 5.32 Å². The van der Waals surface area contributed by atoms with E-state index in [4.69, 9.17) is 4.42 Å². The van der Waals surface area contributed by atoms with Gasteiger partial charge < -0.3 is 14.6 Å². The number of carbonyl (C=O) groups excluding carboxylic acids is 1. The highest BCUT2D eigenvalue weighted by Gasteiger charge is 2.17. The first-order valence-electron chi connectivity index (χ1n) is 9.47. The summed E-state index contributed by atoms with van der Waals surface area (Å²) in [6.07, 6.45) is 4.92. The van der Waals surface area contributed by atoms with Crippen LogP contribution in [0.25, 0.3) is 11.1 Å². The van der Waals surface area contributed by atoms with Gasteiger partial charge in [0.25, 0.3) is 5.91 Å². The first-order valence-corrected chi connectivity index (χ1v) is 9.47. The zero-order chi connectivity index (χ0) is 17.8. The Morgan fingerprint density at radius 3 is 3.00 bits per heavy atom. The second kappa shape index (κ2) is 8.00. The number of hydrogen-bond donors (Lipinski definition) is 1. The lowest BCUT2D eigenvalue weighted by Gasteiger charge is -2.33. The molecule has 136 valence electrons. The van der Waals surface area contributed by atoms with Crippen LogP contribution in [-0.4, -0.2) is 41.5 Å². The Hall–Kier alpha value is -1.88. The Labute approximate surface area is 149 Å². The number of rotatable bonds is 6. The predicted octanol–water partition coefficient (Wildman–Crippen LogP) is 3.95. The molecule has 0 radical (unpaired) electrons. The van der Waals surface area contributed by atoms with Crippen molar-refractivity contribution in [1.29, 1.82) is 0 Å². The number of piperidine rings is 1. The van der Waals surface area contributed by atoms with Crippen LogP contribution in [0.2, 0.25) is 0 Å². The third-order valence-electron chi connectivity index (χ3n) is 5.01. The summed E-state index contributed by atoms with van der Waals surface area (Å²) in [5, 5.41) is 3.02. The molecule has 2 heterocycles. The first kappa shape index (κ1) is 17.9. The lowest BCUT2D eigenvalue weighted by atomic mass is 10.0. The third kappa shape index (κ3) is 4.40. The molecule has 1 aliphatic heterocycles. The van der Waals surface area contributed by atoms with E-state index in [0.717, 1.165) is 18.5 Å². The molecule has 3 rings (SSSR count). The maximum absolute atomic E-state index is 12.4. The van der Waals surface area contributed by atoms with Crippen molar-refractivity contribution in [2.75, 3.05) is 19.6 Å². The van der Waals surface area contributed by atoms with E-state index < -0.39 is 0 Å². The molecule has 1 saturated heterocycles. The normalized spacial score (nSPS) is 18.8. The van der Waals surface area contributed by atoms with E-state index in [1.165, 1.54) is 25.8 Å². The standard InChI is InChI=1S/C20H29N3O2/c1-14(2)20-22-17-9-8-16(13-18(17)25-20)19(24)21-10-6-12-23-11-5-4-7-15(23)3/h8-9,13-15H,4-7,10-12H2,1-3H3,(H,21,24). The van der Waals surface area contributed by atoms with Crippen LogP contribution in [-0.2, 0) is 0 Å². The Morgan fingerprint density at radius 1 is 1.40 bits per heavy atom. The van der Waals surface area contributed by atoms with Crippen LogP contribution in [0.1, 0.15) is 68.6 Å². The maximum atomic E-state index is 12.4. The van der Waals surface area contributed by atoms with Crippen LogP contribution in [0, 0.1) is 0 Å². The Morgan fingerprint density at radius 2 is 2.24 bits per heavy atom. The second-order valence-corrected chi connectivity index (χ2v) is 7.38. The van der Waals surface area contributed by atoms with Crippen molar-refractivity contribution in [3.63, 3.8) is 0 Å². The molecule has 1 aromatic carbocycles. The molecule has 2 aromatic rings. The molecular formula is C20H29N3O2. The highest BCUT2D eigenvalue weighted by Crippen LogP contribution is 2.22. The average molecular weight is 343 g/mol. The number of nitrogens with zero attached hydrogens (tertiary/aromatic N) is 2. The average Bonchev–Trinajstić information content (AvgIpc) is 3.03. The van der Waals surface area contributed by atoms with E-state index in [1.807, 2.05) is 26.0 Å². The van der Waals surface area contributed by atoms with Gasteiger partial charge in [-0.15, -0.1) is 0 Å². The number of benzene rings is 1. The first-order chi connectivity index (χ1) is 12.0. The Bertz CT molecular complexity index is 723. The molecule has 0 aliphatic carbocycles. The summed E-state index contributed by atoms with van der Waals surface area (Å²) in [6, 6.07) is 6.14. The van der Waals surface area contributed by atoms with Gasteiger partial charge in [-0.3, -0.25) is 4.79 Å². The van der Waals surface area contributed by atoms with Gasteiger partial charge in [-0.1, -0.05) is 20.3 Å². The smallest absolute Gasteiger partial charge is 0.251 e. The van der Waals surface area contributed by atoms with Gasteiger partial charge in [-0.25, -0.2) is 4.98 Å². The van der Waals surface area contributed by atoms with Gasteiger partial charge in [0.15, 0.2) is 11.5 Å². The number of amides is 1. The van der Waals surface area contributed by atoms with Crippen LogP contribution in [0.5, 0.6) is 0 Å².